The molecule has 0 bridgehead atoms. The molecule has 0 unspecified atom stereocenters. The van der Waals surface area contributed by atoms with Gasteiger partial charge in [0.15, 0.2) is 11.5 Å². The van der Waals surface area contributed by atoms with Gasteiger partial charge in [-0.25, -0.2) is 4.79 Å². The molecule has 1 heterocycles. The molecule has 25 heavy (non-hydrogen) atoms. The number of hydrogen-bond donors (Lipinski definition) is 2. The molecule has 0 spiro atoms. The standard InChI is InChI=1S/C18H19ClN2O4/c1-23-14-5-3-13(4-6-14)21-18(22)20-11-12-9-15(19)17-16(10-12)24-7-2-8-25-17/h3-6,9-10H,2,7-8,11H2,1H3,(H2,20,21,22). The number of halogens is 1. The maximum atomic E-state index is 12.0. The molecule has 0 atom stereocenters. The number of carbonyl (C=O) groups excluding carboxylic acids is 1. The van der Waals surface area contributed by atoms with Gasteiger partial charge >= 0.3 is 6.03 Å². The number of fused-ring (bicyclic) bond motifs is 1. The van der Waals surface area contributed by atoms with Crippen molar-refractivity contribution in [2.75, 3.05) is 25.6 Å². The molecule has 132 valence electrons. The van der Waals surface area contributed by atoms with Crippen molar-refractivity contribution in [2.24, 2.45) is 0 Å². The van der Waals surface area contributed by atoms with Crippen LogP contribution in [0.1, 0.15) is 12.0 Å². The fraction of sp³-hybridized carbons (Fsp3) is 0.278. The van der Waals surface area contributed by atoms with E-state index in [1.165, 1.54) is 0 Å². The highest BCUT2D eigenvalue weighted by atomic mass is 35.5. The van der Waals surface area contributed by atoms with E-state index in [9.17, 15) is 4.79 Å². The maximum absolute atomic E-state index is 12.0. The van der Waals surface area contributed by atoms with Gasteiger partial charge in [0.2, 0.25) is 0 Å². The van der Waals surface area contributed by atoms with E-state index < -0.39 is 0 Å². The van der Waals surface area contributed by atoms with Crippen LogP contribution in [0.15, 0.2) is 36.4 Å². The van der Waals surface area contributed by atoms with Gasteiger partial charge in [-0.05, 0) is 42.0 Å². The third-order valence-electron chi connectivity index (χ3n) is 3.66. The molecule has 3 rings (SSSR count). The maximum Gasteiger partial charge on any atom is 0.319 e. The van der Waals surface area contributed by atoms with Crippen LogP contribution in [-0.2, 0) is 6.54 Å². The summed E-state index contributed by atoms with van der Waals surface area (Å²) in [5, 5.41) is 6.02. The summed E-state index contributed by atoms with van der Waals surface area (Å²) in [6, 6.07) is 10.4. The van der Waals surface area contributed by atoms with E-state index in [0.717, 1.165) is 17.7 Å². The second-order valence-electron chi connectivity index (χ2n) is 5.49. The first kappa shape index (κ1) is 17.2. The Labute approximate surface area is 151 Å². The molecule has 7 heteroatoms. The molecule has 2 N–H and O–H groups in total. The molecule has 1 aliphatic rings. The van der Waals surface area contributed by atoms with Gasteiger partial charge < -0.3 is 24.8 Å². The van der Waals surface area contributed by atoms with Crippen molar-refractivity contribution in [3.05, 3.63) is 47.0 Å². The SMILES string of the molecule is COc1ccc(NC(=O)NCc2cc(Cl)c3c(c2)OCCCO3)cc1. The molecular weight excluding hydrogens is 344 g/mol. The van der Waals surface area contributed by atoms with Crippen molar-refractivity contribution in [3.8, 4) is 17.2 Å². The molecule has 1 aliphatic heterocycles. The number of nitrogens with one attached hydrogen (secondary N) is 2. The van der Waals surface area contributed by atoms with Gasteiger partial charge in [-0.2, -0.15) is 0 Å². The Bertz CT molecular complexity index is 749. The van der Waals surface area contributed by atoms with Crippen molar-refractivity contribution < 1.29 is 19.0 Å². The highest BCUT2D eigenvalue weighted by Gasteiger charge is 2.15. The van der Waals surface area contributed by atoms with Gasteiger partial charge in [0.1, 0.15) is 5.75 Å². The largest absolute Gasteiger partial charge is 0.497 e. The van der Waals surface area contributed by atoms with E-state index in [-0.39, 0.29) is 6.03 Å². The van der Waals surface area contributed by atoms with Crippen molar-refractivity contribution in [2.45, 2.75) is 13.0 Å². The highest BCUT2D eigenvalue weighted by Crippen LogP contribution is 2.37. The Morgan fingerprint density at radius 2 is 1.96 bits per heavy atom. The smallest absolute Gasteiger partial charge is 0.319 e. The van der Waals surface area contributed by atoms with Crippen LogP contribution in [0, 0.1) is 0 Å². The van der Waals surface area contributed by atoms with Crippen LogP contribution in [0.5, 0.6) is 17.2 Å². The summed E-state index contributed by atoms with van der Waals surface area (Å²) < 4.78 is 16.3. The molecule has 0 aromatic heterocycles. The normalized spacial score (nSPS) is 12.9. The zero-order chi connectivity index (χ0) is 17.6. The summed E-state index contributed by atoms with van der Waals surface area (Å²) >= 11 is 6.25. The zero-order valence-electron chi connectivity index (χ0n) is 13.8. The topological polar surface area (TPSA) is 68.8 Å². The summed E-state index contributed by atoms with van der Waals surface area (Å²) in [5.74, 6) is 1.90. The quantitative estimate of drug-likeness (QED) is 0.867. The van der Waals surface area contributed by atoms with E-state index >= 15 is 0 Å². The molecule has 0 saturated heterocycles. The van der Waals surface area contributed by atoms with Crippen LogP contribution in [0.2, 0.25) is 5.02 Å². The van der Waals surface area contributed by atoms with Crippen LogP contribution >= 0.6 is 11.6 Å². The molecular formula is C18H19ClN2O4. The fourth-order valence-corrected chi connectivity index (χ4v) is 2.71. The van der Waals surface area contributed by atoms with Crippen LogP contribution in [0.3, 0.4) is 0 Å². The van der Waals surface area contributed by atoms with Crippen molar-refractivity contribution in [3.63, 3.8) is 0 Å². The lowest BCUT2D eigenvalue weighted by atomic mass is 10.2. The first-order valence-electron chi connectivity index (χ1n) is 7.92. The fourth-order valence-electron chi connectivity index (χ4n) is 2.42. The first-order chi connectivity index (χ1) is 12.2. The Kier molecular flexibility index (Phi) is 5.50. The predicted molar refractivity (Wildman–Crippen MR) is 95.9 cm³/mol. The number of amides is 2. The van der Waals surface area contributed by atoms with E-state index in [0.29, 0.717) is 42.0 Å². The summed E-state index contributed by atoms with van der Waals surface area (Å²) in [5.41, 5.74) is 1.51. The Hall–Kier alpha value is -2.60. The first-order valence-corrected chi connectivity index (χ1v) is 8.30. The minimum absolute atomic E-state index is 0.312. The molecule has 0 saturated carbocycles. The molecule has 2 aromatic carbocycles. The lowest BCUT2D eigenvalue weighted by Crippen LogP contribution is -2.28. The van der Waals surface area contributed by atoms with Gasteiger partial charge in [-0.15, -0.1) is 0 Å². The summed E-state index contributed by atoms with van der Waals surface area (Å²) in [6.45, 7) is 1.48. The minimum atomic E-state index is -0.312. The number of benzene rings is 2. The number of ether oxygens (including phenoxy) is 3. The third kappa shape index (κ3) is 4.48. The highest BCUT2D eigenvalue weighted by molar-refractivity contribution is 6.32. The van der Waals surface area contributed by atoms with Crippen LogP contribution in [-0.4, -0.2) is 26.4 Å². The number of anilines is 1. The van der Waals surface area contributed by atoms with Gasteiger partial charge in [0.25, 0.3) is 0 Å². The third-order valence-corrected chi connectivity index (χ3v) is 3.94. The van der Waals surface area contributed by atoms with Crippen LogP contribution in [0.25, 0.3) is 0 Å². The zero-order valence-corrected chi connectivity index (χ0v) is 14.6. The molecule has 2 aromatic rings. The molecule has 2 amide bonds. The average Bonchev–Trinajstić information content (AvgIpc) is 2.86. The minimum Gasteiger partial charge on any atom is -0.497 e. The molecule has 0 aliphatic carbocycles. The number of rotatable bonds is 4. The van der Waals surface area contributed by atoms with E-state index in [1.54, 1.807) is 37.4 Å². The van der Waals surface area contributed by atoms with Gasteiger partial charge in [-0.3, -0.25) is 0 Å². The lowest BCUT2D eigenvalue weighted by molar-refractivity contribution is 0.251. The molecule has 6 nitrogen and oxygen atoms in total. The van der Waals surface area contributed by atoms with Crippen molar-refractivity contribution >= 4 is 23.3 Å². The summed E-state index contributed by atoms with van der Waals surface area (Å²) in [6.07, 6.45) is 0.808. The van der Waals surface area contributed by atoms with E-state index in [1.807, 2.05) is 6.07 Å². The van der Waals surface area contributed by atoms with Gasteiger partial charge in [0.05, 0.1) is 25.3 Å². The molecule has 0 fully saturated rings. The second kappa shape index (κ2) is 7.98. The molecule has 0 radical (unpaired) electrons. The van der Waals surface area contributed by atoms with Crippen molar-refractivity contribution in [1.29, 1.82) is 0 Å². The Morgan fingerprint density at radius 1 is 1.20 bits per heavy atom. The average molecular weight is 363 g/mol. The Morgan fingerprint density at radius 3 is 2.72 bits per heavy atom. The second-order valence-corrected chi connectivity index (χ2v) is 5.90. The van der Waals surface area contributed by atoms with E-state index in [2.05, 4.69) is 10.6 Å². The number of urea groups is 1. The Balaban J connectivity index is 1.60. The monoisotopic (exact) mass is 362 g/mol. The predicted octanol–water partition coefficient (Wildman–Crippen LogP) is 3.83. The van der Waals surface area contributed by atoms with E-state index in [4.69, 9.17) is 25.8 Å². The lowest BCUT2D eigenvalue weighted by Gasteiger charge is -2.12. The van der Waals surface area contributed by atoms with Crippen LogP contribution in [0.4, 0.5) is 10.5 Å². The van der Waals surface area contributed by atoms with Crippen LogP contribution < -0.4 is 24.8 Å². The number of hydrogen-bond acceptors (Lipinski definition) is 4. The number of carbonyl (C=O) groups is 1. The number of methoxy groups -OCH3 is 1. The van der Waals surface area contributed by atoms with Gasteiger partial charge in [0, 0.05) is 18.7 Å². The van der Waals surface area contributed by atoms with Gasteiger partial charge in [-0.1, -0.05) is 11.6 Å². The van der Waals surface area contributed by atoms with Crippen molar-refractivity contribution in [1.82, 2.24) is 5.32 Å². The summed E-state index contributed by atoms with van der Waals surface area (Å²) in [4.78, 5) is 12.0. The summed E-state index contributed by atoms with van der Waals surface area (Å²) in [7, 11) is 1.59.